The molecule has 5 aromatic rings. The summed E-state index contributed by atoms with van der Waals surface area (Å²) in [7, 11) is 3.33. The van der Waals surface area contributed by atoms with Crippen molar-refractivity contribution in [2.45, 2.75) is 13.2 Å². The number of benzene rings is 5. The highest BCUT2D eigenvalue weighted by Crippen LogP contribution is 2.40. The highest BCUT2D eigenvalue weighted by Gasteiger charge is 2.16. The van der Waals surface area contributed by atoms with Gasteiger partial charge in [0.1, 0.15) is 11.5 Å². The van der Waals surface area contributed by atoms with E-state index in [0.717, 1.165) is 67.1 Å². The maximum Gasteiger partial charge on any atom is 0.127 e. The van der Waals surface area contributed by atoms with Gasteiger partial charge in [-0.2, -0.15) is 0 Å². The molecule has 4 heteroatoms. The van der Waals surface area contributed by atoms with Crippen LogP contribution in [0.2, 0.25) is 0 Å². The van der Waals surface area contributed by atoms with Gasteiger partial charge in [0.15, 0.2) is 0 Å². The summed E-state index contributed by atoms with van der Waals surface area (Å²) in [6.45, 7) is -0.164. The molecule has 0 amide bonds. The summed E-state index contributed by atoms with van der Waals surface area (Å²) in [5.74, 6) is 1.48. The van der Waals surface area contributed by atoms with Gasteiger partial charge in [-0.25, -0.2) is 0 Å². The molecule has 38 heavy (non-hydrogen) atoms. The van der Waals surface area contributed by atoms with Gasteiger partial charge in [-0.15, -0.1) is 0 Å². The lowest BCUT2D eigenvalue weighted by Crippen LogP contribution is -1.97. The molecule has 0 spiro atoms. The van der Waals surface area contributed by atoms with Gasteiger partial charge >= 0.3 is 0 Å². The molecular formula is C34H30O4. The zero-order valence-electron chi connectivity index (χ0n) is 21.5. The molecule has 2 N–H and O–H groups in total. The Morgan fingerprint density at radius 1 is 0.447 bits per heavy atom. The Bertz CT molecular complexity index is 1410. The second kappa shape index (κ2) is 11.3. The molecule has 5 rings (SSSR count). The fourth-order valence-corrected chi connectivity index (χ4v) is 4.90. The van der Waals surface area contributed by atoms with Crippen molar-refractivity contribution >= 4 is 0 Å². The number of hydrogen-bond acceptors (Lipinski definition) is 4. The minimum Gasteiger partial charge on any atom is -0.496 e. The van der Waals surface area contributed by atoms with E-state index < -0.39 is 0 Å². The Morgan fingerprint density at radius 2 is 0.789 bits per heavy atom. The molecule has 0 bridgehead atoms. The van der Waals surface area contributed by atoms with Crippen LogP contribution in [0.25, 0.3) is 44.5 Å². The fraction of sp³-hybridized carbons (Fsp3) is 0.118. The minimum absolute atomic E-state index is 0.0767. The second-order valence-electron chi connectivity index (χ2n) is 9.04. The molecule has 0 heterocycles. The summed E-state index contributed by atoms with van der Waals surface area (Å²) in [5, 5.41) is 20.4. The monoisotopic (exact) mass is 502 g/mol. The molecule has 4 nitrogen and oxygen atoms in total. The predicted octanol–water partition coefficient (Wildman–Crippen LogP) is 7.36. The third kappa shape index (κ3) is 4.92. The first-order valence-corrected chi connectivity index (χ1v) is 12.5. The minimum atomic E-state index is -0.0878. The van der Waals surface area contributed by atoms with Crippen LogP contribution in [0.4, 0.5) is 0 Å². The van der Waals surface area contributed by atoms with E-state index in [4.69, 9.17) is 9.47 Å². The Labute approximate surface area is 223 Å². The third-order valence-corrected chi connectivity index (χ3v) is 6.87. The summed E-state index contributed by atoms with van der Waals surface area (Å²) in [5.41, 5.74) is 9.37. The average Bonchev–Trinajstić information content (AvgIpc) is 3.00. The van der Waals surface area contributed by atoms with Crippen molar-refractivity contribution < 1.29 is 19.7 Å². The Kier molecular flexibility index (Phi) is 7.55. The molecule has 0 unspecified atom stereocenters. The van der Waals surface area contributed by atoms with Crippen molar-refractivity contribution in [1.82, 2.24) is 0 Å². The van der Waals surface area contributed by atoms with Gasteiger partial charge in [-0.1, -0.05) is 84.9 Å². The number of hydrogen-bond donors (Lipinski definition) is 2. The van der Waals surface area contributed by atoms with Gasteiger partial charge < -0.3 is 19.7 Å². The van der Waals surface area contributed by atoms with Crippen LogP contribution < -0.4 is 9.47 Å². The first-order chi connectivity index (χ1) is 18.7. The first-order valence-electron chi connectivity index (χ1n) is 12.5. The van der Waals surface area contributed by atoms with Crippen LogP contribution in [-0.4, -0.2) is 24.4 Å². The molecule has 0 saturated heterocycles. The second-order valence-corrected chi connectivity index (χ2v) is 9.04. The molecule has 0 aromatic heterocycles. The lowest BCUT2D eigenvalue weighted by atomic mass is 9.91. The number of aliphatic hydroxyl groups is 2. The van der Waals surface area contributed by atoms with E-state index in [1.165, 1.54) is 0 Å². The molecule has 0 radical (unpaired) electrons. The van der Waals surface area contributed by atoms with Crippen molar-refractivity contribution in [3.8, 4) is 56.0 Å². The van der Waals surface area contributed by atoms with E-state index in [0.29, 0.717) is 0 Å². The molecule has 0 aliphatic heterocycles. The summed E-state index contributed by atoms with van der Waals surface area (Å²) in [4.78, 5) is 0. The van der Waals surface area contributed by atoms with Crippen LogP contribution in [0.3, 0.4) is 0 Å². The van der Waals surface area contributed by atoms with Gasteiger partial charge in [0.05, 0.1) is 27.4 Å². The summed E-state index contributed by atoms with van der Waals surface area (Å²) < 4.78 is 11.5. The van der Waals surface area contributed by atoms with Crippen molar-refractivity contribution in [2.24, 2.45) is 0 Å². The van der Waals surface area contributed by atoms with Gasteiger partial charge in [0.25, 0.3) is 0 Å². The largest absolute Gasteiger partial charge is 0.496 e. The van der Waals surface area contributed by atoms with Crippen molar-refractivity contribution in [1.29, 1.82) is 0 Å². The van der Waals surface area contributed by atoms with Crippen molar-refractivity contribution in [2.75, 3.05) is 14.2 Å². The molecule has 5 aromatic carbocycles. The smallest absolute Gasteiger partial charge is 0.127 e. The summed E-state index contributed by atoms with van der Waals surface area (Å²) in [6, 6.07) is 36.1. The Morgan fingerprint density at radius 3 is 1.16 bits per heavy atom. The standard InChI is InChI=1S/C34H30O4/c1-37-33-20-30(28(22-36)17-31(33)24-11-7-4-8-12-24)25-13-15-26(16-14-25)32-18-27(21-35)29(19-34(32)38-2)23-9-5-3-6-10-23/h3-20,35-36H,21-22H2,1-2H3. The van der Waals surface area contributed by atoms with Crippen molar-refractivity contribution in [3.63, 3.8) is 0 Å². The third-order valence-electron chi connectivity index (χ3n) is 6.87. The van der Waals surface area contributed by atoms with Gasteiger partial charge in [-0.05, 0) is 68.8 Å². The molecule has 0 fully saturated rings. The van der Waals surface area contributed by atoms with Crippen LogP contribution in [0.5, 0.6) is 11.5 Å². The Hall–Kier alpha value is -4.38. The highest BCUT2D eigenvalue weighted by atomic mass is 16.5. The van der Waals surface area contributed by atoms with Gasteiger partial charge in [0.2, 0.25) is 0 Å². The predicted molar refractivity (Wildman–Crippen MR) is 153 cm³/mol. The molecule has 0 aliphatic carbocycles. The lowest BCUT2D eigenvalue weighted by molar-refractivity contribution is 0.282. The molecule has 0 saturated carbocycles. The fourth-order valence-electron chi connectivity index (χ4n) is 4.90. The van der Waals surface area contributed by atoms with E-state index in [1.54, 1.807) is 14.2 Å². The number of methoxy groups -OCH3 is 2. The van der Waals surface area contributed by atoms with E-state index in [-0.39, 0.29) is 13.2 Å². The maximum absolute atomic E-state index is 10.2. The van der Waals surface area contributed by atoms with E-state index in [2.05, 4.69) is 0 Å². The van der Waals surface area contributed by atoms with Gasteiger partial charge in [-0.3, -0.25) is 0 Å². The zero-order chi connectivity index (χ0) is 26.5. The maximum atomic E-state index is 10.2. The average molecular weight is 503 g/mol. The molecule has 0 atom stereocenters. The zero-order valence-corrected chi connectivity index (χ0v) is 21.5. The highest BCUT2D eigenvalue weighted by molar-refractivity contribution is 5.82. The topological polar surface area (TPSA) is 58.9 Å². The molecule has 0 aliphatic rings. The van der Waals surface area contributed by atoms with Crippen LogP contribution in [-0.2, 0) is 13.2 Å². The van der Waals surface area contributed by atoms with Crippen molar-refractivity contribution in [3.05, 3.63) is 120 Å². The number of rotatable bonds is 8. The van der Waals surface area contributed by atoms with E-state index >= 15 is 0 Å². The molecule has 190 valence electrons. The lowest BCUT2D eigenvalue weighted by Gasteiger charge is -2.17. The first kappa shape index (κ1) is 25.3. The summed E-state index contributed by atoms with van der Waals surface area (Å²) >= 11 is 0. The van der Waals surface area contributed by atoms with E-state index in [9.17, 15) is 10.2 Å². The number of ether oxygens (including phenoxy) is 2. The van der Waals surface area contributed by atoms with Crippen LogP contribution in [0.1, 0.15) is 11.1 Å². The molecular weight excluding hydrogens is 472 g/mol. The normalized spacial score (nSPS) is 10.8. The quantitative estimate of drug-likeness (QED) is 0.233. The Balaban J connectivity index is 1.55. The van der Waals surface area contributed by atoms with Crippen LogP contribution in [0.15, 0.2) is 109 Å². The van der Waals surface area contributed by atoms with Crippen LogP contribution in [0, 0.1) is 0 Å². The van der Waals surface area contributed by atoms with Gasteiger partial charge in [0, 0.05) is 11.1 Å². The van der Waals surface area contributed by atoms with Crippen LogP contribution >= 0.6 is 0 Å². The van der Waals surface area contributed by atoms with E-state index in [1.807, 2.05) is 109 Å². The summed E-state index contributed by atoms with van der Waals surface area (Å²) in [6.07, 6.45) is 0. The SMILES string of the molecule is COc1cc(-c2ccc(-c3cc(CO)c(-c4ccccc4)cc3OC)cc2)c(CO)cc1-c1ccccc1. The number of aliphatic hydroxyl groups excluding tert-OH is 2.